The van der Waals surface area contributed by atoms with Crippen molar-refractivity contribution in [2.45, 2.75) is 6.10 Å². The van der Waals surface area contributed by atoms with Crippen molar-refractivity contribution in [3.63, 3.8) is 0 Å². The highest BCUT2D eigenvalue weighted by Gasteiger charge is 2.22. The molecule has 3 rings (SSSR count). The highest BCUT2D eigenvalue weighted by atomic mass is 35.5. The van der Waals surface area contributed by atoms with Crippen LogP contribution in [0.1, 0.15) is 10.4 Å². The number of carbonyl (C=O) groups is 1. The zero-order valence-electron chi connectivity index (χ0n) is 12.9. The summed E-state index contributed by atoms with van der Waals surface area (Å²) in [4.78, 5) is 20.7. The van der Waals surface area contributed by atoms with Gasteiger partial charge in [-0.1, -0.05) is 23.7 Å². The second-order valence-corrected chi connectivity index (χ2v) is 5.47. The van der Waals surface area contributed by atoms with E-state index in [9.17, 15) is 4.79 Å². The molecule has 0 spiro atoms. The lowest BCUT2D eigenvalue weighted by molar-refractivity contribution is -0.0793. The average Bonchev–Trinajstić information content (AvgIpc) is 2.52. The average molecular weight is 350 g/mol. The van der Waals surface area contributed by atoms with Crippen LogP contribution in [0.2, 0.25) is 5.15 Å². The van der Waals surface area contributed by atoms with Gasteiger partial charge in [0.15, 0.2) is 0 Å². The minimum absolute atomic E-state index is 0.0326. The van der Waals surface area contributed by atoms with E-state index in [1.165, 1.54) is 13.3 Å². The zero-order valence-corrected chi connectivity index (χ0v) is 13.7. The third-order valence-electron chi connectivity index (χ3n) is 3.37. The number of pyridine rings is 1. The molecule has 0 radical (unpaired) electrons. The Kier molecular flexibility index (Phi) is 5.14. The van der Waals surface area contributed by atoms with Gasteiger partial charge in [0, 0.05) is 6.20 Å². The van der Waals surface area contributed by atoms with Crippen molar-refractivity contribution in [1.29, 1.82) is 0 Å². The standard InChI is InChI=1S/C16H16ClN3O4/c1-22-20-16(21)11-7-18-15(17)6-13(11)19-12-4-2-3-5-14(12)24-10-8-23-9-10/h2-7,10H,8-9H2,1H3,(H,18,19)(H,20,21). The van der Waals surface area contributed by atoms with E-state index in [1.807, 2.05) is 24.3 Å². The molecule has 0 bridgehead atoms. The Morgan fingerprint density at radius 3 is 2.83 bits per heavy atom. The number of para-hydroxylation sites is 2. The van der Waals surface area contributed by atoms with E-state index < -0.39 is 5.91 Å². The molecule has 24 heavy (non-hydrogen) atoms. The van der Waals surface area contributed by atoms with E-state index in [0.29, 0.717) is 35.9 Å². The number of nitrogens with zero attached hydrogens (tertiary/aromatic N) is 1. The number of benzene rings is 1. The van der Waals surface area contributed by atoms with Crippen LogP contribution in [-0.4, -0.2) is 37.3 Å². The lowest BCUT2D eigenvalue weighted by Crippen LogP contribution is -2.38. The fraction of sp³-hybridized carbons (Fsp3) is 0.250. The first-order chi connectivity index (χ1) is 11.7. The predicted molar refractivity (Wildman–Crippen MR) is 88.7 cm³/mol. The number of hydroxylamine groups is 1. The molecule has 0 atom stereocenters. The summed E-state index contributed by atoms with van der Waals surface area (Å²) in [6, 6.07) is 9.00. The van der Waals surface area contributed by atoms with Crippen LogP contribution in [0.25, 0.3) is 0 Å². The number of ether oxygens (including phenoxy) is 2. The minimum atomic E-state index is -0.435. The van der Waals surface area contributed by atoms with Crippen molar-refractivity contribution in [3.05, 3.63) is 47.2 Å². The van der Waals surface area contributed by atoms with Crippen LogP contribution in [0, 0.1) is 0 Å². The lowest BCUT2D eigenvalue weighted by Gasteiger charge is -2.27. The molecule has 8 heteroatoms. The number of rotatable bonds is 6. The molecule has 1 aromatic heterocycles. The van der Waals surface area contributed by atoms with E-state index in [4.69, 9.17) is 21.1 Å². The van der Waals surface area contributed by atoms with Gasteiger partial charge in [-0.3, -0.25) is 9.63 Å². The first-order valence-electron chi connectivity index (χ1n) is 7.26. The summed E-state index contributed by atoms with van der Waals surface area (Å²) in [6.45, 7) is 1.13. The van der Waals surface area contributed by atoms with Gasteiger partial charge >= 0.3 is 0 Å². The molecule has 7 nitrogen and oxygen atoms in total. The monoisotopic (exact) mass is 349 g/mol. The van der Waals surface area contributed by atoms with Gasteiger partial charge in [-0.25, -0.2) is 10.5 Å². The number of aromatic nitrogens is 1. The third-order valence-corrected chi connectivity index (χ3v) is 3.57. The van der Waals surface area contributed by atoms with Gasteiger partial charge in [0.05, 0.1) is 37.3 Å². The molecule has 1 amide bonds. The number of halogens is 1. The number of hydrogen-bond donors (Lipinski definition) is 2. The fourth-order valence-electron chi connectivity index (χ4n) is 2.14. The molecule has 2 N–H and O–H groups in total. The zero-order chi connectivity index (χ0) is 16.9. The van der Waals surface area contributed by atoms with Crippen LogP contribution in [-0.2, 0) is 9.57 Å². The van der Waals surface area contributed by atoms with Crippen LogP contribution in [0.3, 0.4) is 0 Å². The summed E-state index contributed by atoms with van der Waals surface area (Å²) in [5.41, 5.74) is 3.75. The molecule has 1 fully saturated rings. The van der Waals surface area contributed by atoms with Gasteiger partial charge in [-0.15, -0.1) is 0 Å². The maximum atomic E-state index is 12.1. The third kappa shape index (κ3) is 3.76. The van der Waals surface area contributed by atoms with Crippen LogP contribution in [0.15, 0.2) is 36.5 Å². The van der Waals surface area contributed by atoms with Gasteiger partial charge in [0.2, 0.25) is 0 Å². The molecular formula is C16H16ClN3O4. The van der Waals surface area contributed by atoms with Gasteiger partial charge in [0.1, 0.15) is 17.0 Å². The Morgan fingerprint density at radius 1 is 1.33 bits per heavy atom. The van der Waals surface area contributed by atoms with E-state index in [1.54, 1.807) is 6.07 Å². The van der Waals surface area contributed by atoms with Crippen LogP contribution in [0.4, 0.5) is 11.4 Å². The molecule has 0 unspecified atom stereocenters. The number of hydrogen-bond acceptors (Lipinski definition) is 6. The van der Waals surface area contributed by atoms with Gasteiger partial charge < -0.3 is 14.8 Å². The fourth-order valence-corrected chi connectivity index (χ4v) is 2.30. The molecule has 126 valence electrons. The van der Waals surface area contributed by atoms with Gasteiger partial charge in [0.25, 0.3) is 5.91 Å². The van der Waals surface area contributed by atoms with Crippen molar-refractivity contribution in [1.82, 2.24) is 10.5 Å². The minimum Gasteiger partial charge on any atom is -0.483 e. The largest absolute Gasteiger partial charge is 0.483 e. The predicted octanol–water partition coefficient (Wildman–Crippen LogP) is 2.55. The Bertz CT molecular complexity index is 737. The van der Waals surface area contributed by atoms with E-state index in [2.05, 4.69) is 20.6 Å². The van der Waals surface area contributed by atoms with Crippen molar-refractivity contribution in [2.24, 2.45) is 0 Å². The van der Waals surface area contributed by atoms with Crippen molar-refractivity contribution < 1.29 is 19.1 Å². The highest BCUT2D eigenvalue weighted by molar-refractivity contribution is 6.29. The Hall–Kier alpha value is -2.35. The van der Waals surface area contributed by atoms with E-state index in [-0.39, 0.29) is 11.3 Å². The maximum Gasteiger partial charge on any atom is 0.278 e. The maximum absolute atomic E-state index is 12.1. The van der Waals surface area contributed by atoms with Crippen molar-refractivity contribution in [3.8, 4) is 5.75 Å². The SMILES string of the molecule is CONC(=O)c1cnc(Cl)cc1Nc1ccccc1OC1COC1. The highest BCUT2D eigenvalue weighted by Crippen LogP contribution is 2.31. The molecule has 2 aromatic rings. The van der Waals surface area contributed by atoms with Gasteiger partial charge in [-0.2, -0.15) is 0 Å². The molecule has 2 heterocycles. The van der Waals surface area contributed by atoms with Crippen LogP contribution in [0.5, 0.6) is 5.75 Å². The van der Waals surface area contributed by atoms with E-state index >= 15 is 0 Å². The second kappa shape index (κ2) is 7.48. The molecule has 1 aliphatic rings. The quantitative estimate of drug-likeness (QED) is 0.616. The summed E-state index contributed by atoms with van der Waals surface area (Å²) in [6.07, 6.45) is 1.41. The lowest BCUT2D eigenvalue weighted by atomic mass is 10.2. The summed E-state index contributed by atoms with van der Waals surface area (Å²) in [5.74, 6) is 0.229. The second-order valence-electron chi connectivity index (χ2n) is 5.09. The van der Waals surface area contributed by atoms with Crippen LogP contribution < -0.4 is 15.5 Å². The molecule has 1 saturated heterocycles. The summed E-state index contributed by atoms with van der Waals surface area (Å²) in [7, 11) is 1.36. The molecule has 0 saturated carbocycles. The van der Waals surface area contributed by atoms with Crippen LogP contribution >= 0.6 is 11.6 Å². The number of carbonyl (C=O) groups excluding carboxylic acids is 1. The Balaban J connectivity index is 1.87. The first-order valence-corrected chi connectivity index (χ1v) is 7.64. The molecular weight excluding hydrogens is 334 g/mol. The van der Waals surface area contributed by atoms with E-state index in [0.717, 1.165) is 0 Å². The number of anilines is 2. The van der Waals surface area contributed by atoms with Gasteiger partial charge in [-0.05, 0) is 18.2 Å². The molecule has 1 aromatic carbocycles. The Labute approximate surface area is 143 Å². The normalized spacial score (nSPS) is 13.9. The summed E-state index contributed by atoms with van der Waals surface area (Å²) < 4.78 is 11.0. The number of nitrogens with one attached hydrogen (secondary N) is 2. The topological polar surface area (TPSA) is 81.7 Å². The summed E-state index contributed by atoms with van der Waals surface area (Å²) >= 11 is 5.96. The van der Waals surface area contributed by atoms with Crippen molar-refractivity contribution in [2.75, 3.05) is 25.6 Å². The summed E-state index contributed by atoms with van der Waals surface area (Å²) in [5, 5.41) is 3.43. The number of amides is 1. The molecule has 0 aliphatic carbocycles. The first kappa shape index (κ1) is 16.5. The smallest absolute Gasteiger partial charge is 0.278 e. The Morgan fingerprint density at radius 2 is 2.12 bits per heavy atom. The van der Waals surface area contributed by atoms with Crippen molar-refractivity contribution >= 4 is 28.9 Å². The molecule has 1 aliphatic heterocycles.